The zero-order valence-electron chi connectivity index (χ0n) is 18.9. The Labute approximate surface area is 199 Å². The third-order valence-corrected chi connectivity index (χ3v) is 6.23. The summed E-state index contributed by atoms with van der Waals surface area (Å²) in [5.74, 6) is -0.755. The van der Waals surface area contributed by atoms with E-state index in [0.29, 0.717) is 12.4 Å². The molecule has 0 bridgehead atoms. The summed E-state index contributed by atoms with van der Waals surface area (Å²) in [6.07, 6.45) is 0. The maximum atomic E-state index is 12.8. The van der Waals surface area contributed by atoms with Gasteiger partial charge in [-0.25, -0.2) is 13.2 Å². The number of benzene rings is 3. The summed E-state index contributed by atoms with van der Waals surface area (Å²) in [4.78, 5) is 24.8. The number of amides is 1. The van der Waals surface area contributed by atoms with E-state index in [1.54, 1.807) is 24.3 Å². The highest BCUT2D eigenvalue weighted by Crippen LogP contribution is 2.22. The van der Waals surface area contributed by atoms with Crippen molar-refractivity contribution in [2.24, 2.45) is 0 Å². The van der Waals surface area contributed by atoms with Crippen molar-refractivity contribution in [3.63, 3.8) is 0 Å². The van der Waals surface area contributed by atoms with Gasteiger partial charge in [0.1, 0.15) is 5.75 Å². The monoisotopic (exact) mass is 482 g/mol. The zero-order valence-corrected chi connectivity index (χ0v) is 19.7. The molecule has 9 heteroatoms. The van der Waals surface area contributed by atoms with E-state index in [0.717, 1.165) is 5.56 Å². The minimum Gasteiger partial charge on any atom is -0.494 e. The Morgan fingerprint density at radius 2 is 1.56 bits per heavy atom. The molecule has 0 saturated heterocycles. The first-order valence-corrected chi connectivity index (χ1v) is 12.1. The van der Waals surface area contributed by atoms with Gasteiger partial charge in [-0.2, -0.15) is 0 Å². The standard InChI is InChI=1S/C25H26N2O6S/c1-3-32-20-13-15-21(16-14-20)34(30,31)27-23-12-8-7-11-22(23)25(29)33-17-24(28)26-18(2)19-9-5-4-6-10-19/h4-16,18,27H,3,17H2,1-2H3,(H,26,28)/t18-/m1/s1. The number of esters is 1. The maximum Gasteiger partial charge on any atom is 0.340 e. The number of hydrogen-bond acceptors (Lipinski definition) is 6. The Kier molecular flexibility index (Phi) is 8.26. The van der Waals surface area contributed by atoms with E-state index in [2.05, 4.69) is 10.0 Å². The van der Waals surface area contributed by atoms with E-state index in [4.69, 9.17) is 9.47 Å². The van der Waals surface area contributed by atoms with Crippen molar-refractivity contribution < 1.29 is 27.5 Å². The largest absolute Gasteiger partial charge is 0.494 e. The maximum absolute atomic E-state index is 12.8. The molecule has 3 aromatic carbocycles. The van der Waals surface area contributed by atoms with Gasteiger partial charge in [-0.05, 0) is 55.8 Å². The highest BCUT2D eigenvalue weighted by Gasteiger charge is 2.20. The summed E-state index contributed by atoms with van der Waals surface area (Å²) in [5.41, 5.74) is 0.941. The summed E-state index contributed by atoms with van der Waals surface area (Å²) in [6, 6.07) is 21.0. The molecule has 0 heterocycles. The van der Waals surface area contributed by atoms with Crippen molar-refractivity contribution in [1.29, 1.82) is 0 Å². The highest BCUT2D eigenvalue weighted by molar-refractivity contribution is 7.92. The van der Waals surface area contributed by atoms with E-state index in [-0.39, 0.29) is 22.2 Å². The van der Waals surface area contributed by atoms with E-state index in [1.807, 2.05) is 44.2 Å². The number of carbonyl (C=O) groups excluding carboxylic acids is 2. The molecule has 0 fully saturated rings. The molecule has 0 aromatic heterocycles. The SMILES string of the molecule is CCOc1ccc(S(=O)(=O)Nc2ccccc2C(=O)OCC(=O)N[C@H](C)c2ccccc2)cc1. The number of rotatable bonds is 10. The van der Waals surface area contributed by atoms with Crippen LogP contribution in [0.2, 0.25) is 0 Å². The van der Waals surface area contributed by atoms with Gasteiger partial charge in [0, 0.05) is 0 Å². The second kappa shape index (κ2) is 11.3. The molecule has 0 unspecified atom stereocenters. The smallest absolute Gasteiger partial charge is 0.340 e. The molecule has 3 aromatic rings. The number of hydrogen-bond donors (Lipinski definition) is 2. The van der Waals surface area contributed by atoms with Crippen molar-refractivity contribution in [2.45, 2.75) is 24.8 Å². The Balaban J connectivity index is 1.64. The van der Waals surface area contributed by atoms with Crippen LogP contribution in [0.3, 0.4) is 0 Å². The molecule has 178 valence electrons. The average molecular weight is 483 g/mol. The molecule has 8 nitrogen and oxygen atoms in total. The number of sulfonamides is 1. The minimum atomic E-state index is -3.97. The van der Waals surface area contributed by atoms with Crippen LogP contribution < -0.4 is 14.8 Å². The van der Waals surface area contributed by atoms with Crippen LogP contribution in [0.5, 0.6) is 5.75 Å². The van der Waals surface area contributed by atoms with Gasteiger partial charge in [0.05, 0.1) is 28.8 Å². The van der Waals surface area contributed by atoms with Gasteiger partial charge in [0.25, 0.3) is 15.9 Å². The Bertz CT molecular complexity index is 1230. The summed E-state index contributed by atoms with van der Waals surface area (Å²) < 4.78 is 38.5. The zero-order chi connectivity index (χ0) is 24.6. The first kappa shape index (κ1) is 24.8. The van der Waals surface area contributed by atoms with Gasteiger partial charge in [0.15, 0.2) is 6.61 Å². The third kappa shape index (κ3) is 6.58. The van der Waals surface area contributed by atoms with Gasteiger partial charge in [-0.3, -0.25) is 9.52 Å². The number of ether oxygens (including phenoxy) is 2. The van der Waals surface area contributed by atoms with Crippen LogP contribution >= 0.6 is 0 Å². The fraction of sp³-hybridized carbons (Fsp3) is 0.200. The van der Waals surface area contributed by atoms with E-state index in [9.17, 15) is 18.0 Å². The lowest BCUT2D eigenvalue weighted by Crippen LogP contribution is -2.31. The molecule has 0 spiro atoms. The fourth-order valence-electron chi connectivity index (χ4n) is 3.15. The van der Waals surface area contributed by atoms with Crippen molar-refractivity contribution in [2.75, 3.05) is 17.9 Å². The summed E-state index contributed by atoms with van der Waals surface area (Å²) in [5, 5.41) is 2.75. The Morgan fingerprint density at radius 3 is 2.24 bits per heavy atom. The molecule has 0 aliphatic heterocycles. The molecule has 0 saturated carbocycles. The van der Waals surface area contributed by atoms with Crippen molar-refractivity contribution >= 4 is 27.6 Å². The average Bonchev–Trinajstić information content (AvgIpc) is 2.84. The van der Waals surface area contributed by atoms with Crippen LogP contribution in [0.25, 0.3) is 0 Å². The first-order chi connectivity index (χ1) is 16.3. The lowest BCUT2D eigenvalue weighted by atomic mass is 10.1. The number of anilines is 1. The summed E-state index contributed by atoms with van der Waals surface area (Å²) in [7, 11) is -3.97. The lowest BCUT2D eigenvalue weighted by Gasteiger charge is -2.15. The number of nitrogens with one attached hydrogen (secondary N) is 2. The quantitative estimate of drug-likeness (QED) is 0.424. The molecule has 34 heavy (non-hydrogen) atoms. The van der Waals surface area contributed by atoms with Gasteiger partial charge >= 0.3 is 5.97 Å². The van der Waals surface area contributed by atoms with Gasteiger partial charge in [-0.1, -0.05) is 42.5 Å². The molecule has 0 aliphatic rings. The second-order valence-electron chi connectivity index (χ2n) is 7.33. The predicted molar refractivity (Wildman–Crippen MR) is 128 cm³/mol. The van der Waals surface area contributed by atoms with Crippen LogP contribution in [0, 0.1) is 0 Å². The molecular weight excluding hydrogens is 456 g/mol. The lowest BCUT2D eigenvalue weighted by molar-refractivity contribution is -0.124. The number of carbonyl (C=O) groups is 2. The molecule has 2 N–H and O–H groups in total. The van der Waals surface area contributed by atoms with Crippen LogP contribution in [-0.2, 0) is 19.6 Å². The second-order valence-corrected chi connectivity index (χ2v) is 9.01. The molecule has 3 rings (SSSR count). The van der Waals surface area contributed by atoms with E-state index >= 15 is 0 Å². The Morgan fingerprint density at radius 1 is 0.912 bits per heavy atom. The van der Waals surface area contributed by atoms with Crippen LogP contribution in [0.15, 0.2) is 83.8 Å². The number of para-hydroxylation sites is 1. The fourth-order valence-corrected chi connectivity index (χ4v) is 4.23. The van der Waals surface area contributed by atoms with Crippen LogP contribution in [0.1, 0.15) is 35.8 Å². The van der Waals surface area contributed by atoms with Crippen molar-refractivity contribution in [3.05, 3.63) is 90.0 Å². The van der Waals surface area contributed by atoms with Crippen molar-refractivity contribution in [3.8, 4) is 5.75 Å². The van der Waals surface area contributed by atoms with Gasteiger partial charge in [-0.15, -0.1) is 0 Å². The molecule has 1 atom stereocenters. The van der Waals surface area contributed by atoms with Crippen molar-refractivity contribution in [1.82, 2.24) is 5.32 Å². The highest BCUT2D eigenvalue weighted by atomic mass is 32.2. The molecule has 1 amide bonds. The van der Waals surface area contributed by atoms with Crippen LogP contribution in [-0.4, -0.2) is 33.5 Å². The van der Waals surface area contributed by atoms with Gasteiger partial charge in [0.2, 0.25) is 0 Å². The summed E-state index contributed by atoms with van der Waals surface area (Å²) >= 11 is 0. The Hall–Kier alpha value is -3.85. The first-order valence-electron chi connectivity index (χ1n) is 10.7. The molecular formula is C25H26N2O6S. The van der Waals surface area contributed by atoms with Crippen LogP contribution in [0.4, 0.5) is 5.69 Å². The minimum absolute atomic E-state index is 0.00778. The van der Waals surface area contributed by atoms with E-state index in [1.165, 1.54) is 24.3 Å². The van der Waals surface area contributed by atoms with E-state index < -0.39 is 28.5 Å². The van der Waals surface area contributed by atoms with Gasteiger partial charge < -0.3 is 14.8 Å². The topological polar surface area (TPSA) is 111 Å². The third-order valence-electron chi connectivity index (χ3n) is 4.85. The molecule has 0 aliphatic carbocycles. The summed E-state index contributed by atoms with van der Waals surface area (Å²) in [6.45, 7) is 3.61. The molecule has 0 radical (unpaired) electrons. The predicted octanol–water partition coefficient (Wildman–Crippen LogP) is 3.92. The normalized spacial score (nSPS) is 11.8.